The molecular formula is C18H21N3O5. The molecule has 26 heavy (non-hydrogen) atoms. The predicted octanol–water partition coefficient (Wildman–Crippen LogP) is 2.43. The molecule has 138 valence electrons. The molecule has 1 aromatic heterocycles. The monoisotopic (exact) mass is 359 g/mol. The van der Waals surface area contributed by atoms with Crippen molar-refractivity contribution < 1.29 is 23.6 Å². The lowest BCUT2D eigenvalue weighted by Gasteiger charge is -2.11. The van der Waals surface area contributed by atoms with Crippen molar-refractivity contribution in [2.75, 3.05) is 6.61 Å². The van der Waals surface area contributed by atoms with Gasteiger partial charge in [-0.1, -0.05) is 42.4 Å². The number of carbonyl (C=O) groups is 3. The molecule has 0 unspecified atom stereocenters. The van der Waals surface area contributed by atoms with E-state index in [0.29, 0.717) is 11.3 Å². The van der Waals surface area contributed by atoms with Gasteiger partial charge < -0.3 is 14.6 Å². The minimum atomic E-state index is -0.750. The van der Waals surface area contributed by atoms with Crippen LogP contribution in [-0.2, 0) is 9.53 Å². The summed E-state index contributed by atoms with van der Waals surface area (Å²) in [7, 11) is 0. The fraction of sp³-hybridized carbons (Fsp3) is 0.333. The maximum atomic E-state index is 12.3. The molecule has 1 atom stereocenters. The minimum absolute atomic E-state index is 0.0709. The number of aromatic nitrogens is 1. The number of carbonyl (C=O) groups excluding carboxylic acids is 3. The number of esters is 1. The molecule has 2 N–H and O–H groups in total. The topological polar surface area (TPSA) is 111 Å². The van der Waals surface area contributed by atoms with Crippen molar-refractivity contribution in [1.82, 2.24) is 15.8 Å². The average molecular weight is 359 g/mol. The van der Waals surface area contributed by atoms with Crippen LogP contribution >= 0.6 is 0 Å². The molecule has 2 rings (SSSR count). The van der Waals surface area contributed by atoms with Gasteiger partial charge in [0.15, 0.2) is 6.61 Å². The second kappa shape index (κ2) is 8.80. The quantitative estimate of drug-likeness (QED) is 0.767. The Kier molecular flexibility index (Phi) is 6.48. The van der Waals surface area contributed by atoms with Crippen LogP contribution in [0.25, 0.3) is 11.3 Å². The zero-order valence-electron chi connectivity index (χ0n) is 14.9. The number of nitrogens with one attached hydrogen (secondary N) is 2. The van der Waals surface area contributed by atoms with Crippen LogP contribution < -0.4 is 10.6 Å². The van der Waals surface area contributed by atoms with Gasteiger partial charge >= 0.3 is 12.0 Å². The molecule has 0 saturated carbocycles. The molecule has 2 aromatic rings. The van der Waals surface area contributed by atoms with Crippen molar-refractivity contribution in [3.63, 3.8) is 0 Å². The number of imide groups is 1. The second-order valence-electron chi connectivity index (χ2n) is 5.74. The summed E-state index contributed by atoms with van der Waals surface area (Å²) in [5.41, 5.74) is 1.17. The molecule has 0 fully saturated rings. The van der Waals surface area contributed by atoms with E-state index in [2.05, 4.69) is 15.8 Å². The predicted molar refractivity (Wildman–Crippen MR) is 93.4 cm³/mol. The van der Waals surface area contributed by atoms with Crippen LogP contribution in [-0.4, -0.2) is 35.7 Å². The summed E-state index contributed by atoms with van der Waals surface area (Å²) in [6, 6.07) is 8.30. The standard InChI is InChI=1S/C18H21N3O5/c1-4-11(2)19-18(24)20-14(22)10-25-17(23)15-12(3)26-21-16(15)13-8-6-5-7-9-13/h5-9,11H,4,10H2,1-3H3,(H2,19,20,22,24)/t11-/m0/s1. The molecule has 1 aromatic carbocycles. The van der Waals surface area contributed by atoms with Gasteiger partial charge in [0.05, 0.1) is 0 Å². The fourth-order valence-electron chi connectivity index (χ4n) is 2.13. The zero-order chi connectivity index (χ0) is 19.1. The van der Waals surface area contributed by atoms with Gasteiger partial charge in [-0.15, -0.1) is 0 Å². The van der Waals surface area contributed by atoms with E-state index in [1.165, 1.54) is 0 Å². The Morgan fingerprint density at radius 3 is 2.58 bits per heavy atom. The van der Waals surface area contributed by atoms with Crippen LogP contribution in [0, 0.1) is 6.92 Å². The van der Waals surface area contributed by atoms with Crippen LogP contribution in [0.5, 0.6) is 0 Å². The Bertz CT molecular complexity index is 785. The van der Waals surface area contributed by atoms with E-state index in [1.54, 1.807) is 31.2 Å². The normalized spacial score (nSPS) is 11.5. The average Bonchev–Trinajstić information content (AvgIpc) is 3.01. The third-order valence-electron chi connectivity index (χ3n) is 3.69. The van der Waals surface area contributed by atoms with Gasteiger partial charge in [0.25, 0.3) is 5.91 Å². The summed E-state index contributed by atoms with van der Waals surface area (Å²) in [5, 5.41) is 8.56. The molecule has 0 aliphatic heterocycles. The Morgan fingerprint density at radius 2 is 1.92 bits per heavy atom. The SMILES string of the molecule is CC[C@H](C)NC(=O)NC(=O)COC(=O)c1c(-c2ccccc2)noc1C. The van der Waals surface area contributed by atoms with Crippen molar-refractivity contribution in [2.24, 2.45) is 0 Å². The van der Waals surface area contributed by atoms with Crippen LogP contribution in [0.15, 0.2) is 34.9 Å². The highest BCUT2D eigenvalue weighted by atomic mass is 16.5. The minimum Gasteiger partial charge on any atom is -0.452 e. The molecule has 8 nitrogen and oxygen atoms in total. The number of urea groups is 1. The molecule has 3 amide bonds. The first-order chi connectivity index (χ1) is 12.4. The number of benzene rings is 1. The van der Waals surface area contributed by atoms with Gasteiger partial charge in [-0.2, -0.15) is 0 Å². The van der Waals surface area contributed by atoms with Gasteiger partial charge in [0.2, 0.25) is 0 Å². The number of amides is 3. The third kappa shape index (κ3) is 4.92. The number of aryl methyl sites for hydroxylation is 1. The zero-order valence-corrected chi connectivity index (χ0v) is 14.9. The highest BCUT2D eigenvalue weighted by Crippen LogP contribution is 2.25. The fourth-order valence-corrected chi connectivity index (χ4v) is 2.13. The Morgan fingerprint density at radius 1 is 1.23 bits per heavy atom. The largest absolute Gasteiger partial charge is 0.452 e. The highest BCUT2D eigenvalue weighted by Gasteiger charge is 2.23. The first-order valence-corrected chi connectivity index (χ1v) is 8.21. The van der Waals surface area contributed by atoms with Gasteiger partial charge in [-0.05, 0) is 20.3 Å². The Hall–Kier alpha value is -3.16. The summed E-state index contributed by atoms with van der Waals surface area (Å²) in [6.07, 6.45) is 0.728. The van der Waals surface area contributed by atoms with Crippen LogP contribution in [0.3, 0.4) is 0 Å². The van der Waals surface area contributed by atoms with Crippen LogP contribution in [0.1, 0.15) is 36.4 Å². The Labute approximate surface area is 150 Å². The van der Waals surface area contributed by atoms with E-state index in [-0.39, 0.29) is 17.4 Å². The molecular weight excluding hydrogens is 338 g/mol. The number of rotatable bonds is 6. The van der Waals surface area contributed by atoms with Crippen molar-refractivity contribution in [3.05, 3.63) is 41.7 Å². The van der Waals surface area contributed by atoms with Gasteiger partial charge in [0.1, 0.15) is 17.0 Å². The molecule has 0 radical (unpaired) electrons. The summed E-state index contributed by atoms with van der Waals surface area (Å²) in [4.78, 5) is 35.7. The van der Waals surface area contributed by atoms with Crippen molar-refractivity contribution in [2.45, 2.75) is 33.2 Å². The van der Waals surface area contributed by atoms with Crippen molar-refractivity contribution in [3.8, 4) is 11.3 Å². The van der Waals surface area contributed by atoms with Crippen LogP contribution in [0.4, 0.5) is 4.79 Å². The number of nitrogens with zero attached hydrogens (tertiary/aromatic N) is 1. The van der Waals surface area contributed by atoms with Crippen molar-refractivity contribution in [1.29, 1.82) is 0 Å². The van der Waals surface area contributed by atoms with Crippen molar-refractivity contribution >= 4 is 17.9 Å². The summed E-state index contributed by atoms with van der Waals surface area (Å²) in [6.45, 7) is 4.70. The Balaban J connectivity index is 1.98. The van der Waals surface area contributed by atoms with Gasteiger partial charge in [0, 0.05) is 11.6 Å². The van der Waals surface area contributed by atoms with Crippen LogP contribution in [0.2, 0.25) is 0 Å². The number of ether oxygens (including phenoxy) is 1. The van der Waals surface area contributed by atoms with E-state index in [0.717, 1.165) is 6.42 Å². The lowest BCUT2D eigenvalue weighted by Crippen LogP contribution is -2.44. The summed E-state index contributed by atoms with van der Waals surface area (Å²) >= 11 is 0. The lowest BCUT2D eigenvalue weighted by atomic mass is 10.1. The first-order valence-electron chi connectivity index (χ1n) is 8.21. The summed E-state index contributed by atoms with van der Waals surface area (Å²) in [5.74, 6) is -1.20. The number of hydrogen-bond acceptors (Lipinski definition) is 6. The molecule has 0 aliphatic carbocycles. The second-order valence-corrected chi connectivity index (χ2v) is 5.74. The van der Waals surface area contributed by atoms with E-state index >= 15 is 0 Å². The molecule has 8 heteroatoms. The summed E-state index contributed by atoms with van der Waals surface area (Å²) < 4.78 is 10.1. The van der Waals surface area contributed by atoms with Gasteiger partial charge in [-0.25, -0.2) is 9.59 Å². The first kappa shape index (κ1) is 19.2. The maximum absolute atomic E-state index is 12.3. The molecule has 0 saturated heterocycles. The molecule has 1 heterocycles. The smallest absolute Gasteiger partial charge is 0.344 e. The van der Waals surface area contributed by atoms with E-state index in [4.69, 9.17) is 9.26 Å². The molecule has 0 bridgehead atoms. The maximum Gasteiger partial charge on any atom is 0.344 e. The van der Waals surface area contributed by atoms with E-state index in [9.17, 15) is 14.4 Å². The number of hydrogen-bond donors (Lipinski definition) is 2. The van der Waals surface area contributed by atoms with Gasteiger partial charge in [-0.3, -0.25) is 10.1 Å². The third-order valence-corrected chi connectivity index (χ3v) is 3.69. The van der Waals surface area contributed by atoms with E-state index < -0.39 is 24.5 Å². The highest BCUT2D eigenvalue weighted by molar-refractivity contribution is 5.99. The van der Waals surface area contributed by atoms with E-state index in [1.807, 2.05) is 19.9 Å². The molecule has 0 aliphatic rings. The molecule has 0 spiro atoms. The lowest BCUT2D eigenvalue weighted by molar-refractivity contribution is -0.123.